The van der Waals surface area contributed by atoms with Crippen LogP contribution in [0, 0.1) is 0 Å². The molecule has 0 saturated heterocycles. The molecule has 3 nitrogen and oxygen atoms in total. The smallest absolute Gasteiger partial charge is 0.192 e. The van der Waals surface area contributed by atoms with E-state index in [0.29, 0.717) is 13.2 Å². The Morgan fingerprint density at radius 3 is 1.74 bits per heavy atom. The van der Waals surface area contributed by atoms with Gasteiger partial charge in [-0.2, -0.15) is 0 Å². The van der Waals surface area contributed by atoms with Crippen LogP contribution in [0.25, 0.3) is 0 Å². The molecule has 0 aliphatic heterocycles. The van der Waals surface area contributed by atoms with Gasteiger partial charge in [0.2, 0.25) is 0 Å². The summed E-state index contributed by atoms with van der Waals surface area (Å²) in [5.74, 6) is 0. The van der Waals surface area contributed by atoms with E-state index in [1.165, 1.54) is 22.3 Å². The maximum absolute atomic E-state index is 6.31. The van der Waals surface area contributed by atoms with Crippen molar-refractivity contribution >= 4 is 8.32 Å². The van der Waals surface area contributed by atoms with Crippen LogP contribution in [0.1, 0.15) is 101 Å². The molecule has 0 aromatic carbocycles. The first-order chi connectivity index (χ1) is 15.8. The zero-order chi connectivity index (χ0) is 26.2. The first-order valence-corrected chi connectivity index (χ1v) is 16.3. The number of ether oxygens (including phenoxy) is 2. The minimum Gasteiger partial charge on any atom is -0.413 e. The Bertz CT molecular complexity index is 668. The molecule has 0 saturated carbocycles. The fraction of sp³-hybridized carbons (Fsp3) is 0.733. The summed E-state index contributed by atoms with van der Waals surface area (Å²) >= 11 is 0. The van der Waals surface area contributed by atoms with Gasteiger partial charge < -0.3 is 13.9 Å². The zero-order valence-corrected chi connectivity index (χ0v) is 25.5. The molecule has 0 heterocycles. The molecule has 0 rings (SSSR count). The molecule has 0 spiro atoms. The summed E-state index contributed by atoms with van der Waals surface area (Å²) in [6.45, 7) is 26.4. The Labute approximate surface area is 213 Å². The SMILES string of the molecule is CCOC(OCC)/C(=C\CC/C(C)=C/CO[Si](C)(C)C(C)(C)C)CC/C=C(\C)CCC=C(C)C. The second-order valence-electron chi connectivity index (χ2n) is 11.1. The van der Waals surface area contributed by atoms with Crippen molar-refractivity contribution in [3.63, 3.8) is 0 Å². The van der Waals surface area contributed by atoms with Crippen LogP contribution in [0.4, 0.5) is 0 Å². The summed E-state index contributed by atoms with van der Waals surface area (Å²) < 4.78 is 18.2. The molecule has 0 radical (unpaired) electrons. The lowest BCUT2D eigenvalue weighted by Gasteiger charge is -2.35. The van der Waals surface area contributed by atoms with Gasteiger partial charge in [-0.05, 0) is 104 Å². The third-order valence-electron chi connectivity index (χ3n) is 6.58. The largest absolute Gasteiger partial charge is 0.413 e. The average molecular weight is 493 g/mol. The first kappa shape index (κ1) is 33.1. The first-order valence-electron chi connectivity index (χ1n) is 13.3. The third kappa shape index (κ3) is 15.1. The highest BCUT2D eigenvalue weighted by Gasteiger charge is 2.36. The second kappa shape index (κ2) is 17.5. The molecular weight excluding hydrogens is 436 g/mol. The standard InChI is InChI=1S/C30H56O3Si/c1-12-31-29(32-13-2)28(21-15-19-26(5)18-14-17-25(3)4)22-16-20-27(6)23-24-33-34(10,11)30(7,8)9/h17,19,22-23,29H,12-16,18,20-21,24H2,1-11H3/b26-19+,27-23+,28-22-. The molecule has 0 bridgehead atoms. The second-order valence-corrected chi connectivity index (χ2v) is 15.9. The van der Waals surface area contributed by atoms with E-state index in [1.807, 2.05) is 13.8 Å². The molecule has 34 heavy (non-hydrogen) atoms. The van der Waals surface area contributed by atoms with Crippen molar-refractivity contribution in [1.82, 2.24) is 0 Å². The fourth-order valence-corrected chi connectivity index (χ4v) is 4.19. The van der Waals surface area contributed by atoms with Crippen molar-refractivity contribution in [2.45, 2.75) is 125 Å². The molecule has 0 fully saturated rings. The summed E-state index contributed by atoms with van der Waals surface area (Å²) in [6, 6.07) is 0. The zero-order valence-electron chi connectivity index (χ0n) is 24.5. The topological polar surface area (TPSA) is 27.7 Å². The van der Waals surface area contributed by atoms with Crippen LogP contribution in [-0.4, -0.2) is 34.4 Å². The van der Waals surface area contributed by atoms with Gasteiger partial charge in [-0.25, -0.2) is 0 Å². The minimum atomic E-state index is -1.69. The molecule has 0 amide bonds. The van der Waals surface area contributed by atoms with Crippen LogP contribution < -0.4 is 0 Å². The molecule has 198 valence electrons. The quantitative estimate of drug-likeness (QED) is 0.115. The Balaban J connectivity index is 5.02. The molecule has 0 aliphatic carbocycles. The van der Waals surface area contributed by atoms with E-state index in [9.17, 15) is 0 Å². The van der Waals surface area contributed by atoms with Crippen molar-refractivity contribution in [2.75, 3.05) is 19.8 Å². The van der Waals surface area contributed by atoms with Gasteiger partial charge in [0.05, 0.1) is 6.61 Å². The molecule has 0 aromatic heterocycles. The predicted octanol–water partition coefficient (Wildman–Crippen LogP) is 9.53. The molecule has 0 aromatic rings. The molecule has 0 unspecified atom stereocenters. The number of hydrogen-bond acceptors (Lipinski definition) is 3. The van der Waals surface area contributed by atoms with Crippen molar-refractivity contribution in [1.29, 1.82) is 0 Å². The van der Waals surface area contributed by atoms with E-state index >= 15 is 0 Å². The summed E-state index contributed by atoms with van der Waals surface area (Å²) in [4.78, 5) is 0. The molecule has 0 aliphatic rings. The van der Waals surface area contributed by atoms with Crippen LogP contribution in [0.2, 0.25) is 18.1 Å². The summed E-state index contributed by atoms with van der Waals surface area (Å²) in [6.07, 6.45) is 15.3. The summed E-state index contributed by atoms with van der Waals surface area (Å²) in [7, 11) is -1.69. The minimum absolute atomic E-state index is 0.236. The fourth-order valence-electron chi connectivity index (χ4n) is 3.25. The van der Waals surface area contributed by atoms with Gasteiger partial charge in [0, 0.05) is 13.2 Å². The predicted molar refractivity (Wildman–Crippen MR) is 153 cm³/mol. The van der Waals surface area contributed by atoms with Crippen molar-refractivity contribution < 1.29 is 13.9 Å². The lowest BCUT2D eigenvalue weighted by atomic mass is 10.0. The molecule has 0 N–H and O–H groups in total. The van der Waals surface area contributed by atoms with Crippen LogP contribution in [0.15, 0.2) is 46.6 Å². The van der Waals surface area contributed by atoms with E-state index in [0.717, 1.165) is 45.1 Å². The lowest BCUT2D eigenvalue weighted by molar-refractivity contribution is -0.113. The van der Waals surface area contributed by atoms with E-state index in [4.69, 9.17) is 13.9 Å². The van der Waals surface area contributed by atoms with E-state index < -0.39 is 8.32 Å². The van der Waals surface area contributed by atoms with Crippen molar-refractivity contribution in [3.05, 3.63) is 46.6 Å². The van der Waals surface area contributed by atoms with Gasteiger partial charge in [0.1, 0.15) is 0 Å². The van der Waals surface area contributed by atoms with E-state index in [1.54, 1.807) is 0 Å². The lowest BCUT2D eigenvalue weighted by Crippen LogP contribution is -2.40. The van der Waals surface area contributed by atoms with Gasteiger partial charge in [0.25, 0.3) is 0 Å². The van der Waals surface area contributed by atoms with Gasteiger partial charge in [-0.1, -0.05) is 61.8 Å². The Hall–Kier alpha value is -0.943. The van der Waals surface area contributed by atoms with Gasteiger partial charge in [0.15, 0.2) is 14.6 Å². The Kier molecular flexibility index (Phi) is 17.0. The highest BCUT2D eigenvalue weighted by Crippen LogP contribution is 2.36. The van der Waals surface area contributed by atoms with Crippen molar-refractivity contribution in [3.8, 4) is 0 Å². The highest BCUT2D eigenvalue weighted by atomic mass is 28.4. The third-order valence-corrected chi connectivity index (χ3v) is 11.1. The van der Waals surface area contributed by atoms with Gasteiger partial charge in [-0.15, -0.1) is 0 Å². The van der Waals surface area contributed by atoms with E-state index in [-0.39, 0.29) is 11.3 Å². The van der Waals surface area contributed by atoms with Crippen molar-refractivity contribution in [2.24, 2.45) is 0 Å². The van der Waals surface area contributed by atoms with Crippen LogP contribution in [0.5, 0.6) is 0 Å². The summed E-state index contributed by atoms with van der Waals surface area (Å²) in [5.41, 5.74) is 5.50. The normalized spacial score (nSPS) is 14.2. The van der Waals surface area contributed by atoms with Gasteiger partial charge in [-0.3, -0.25) is 0 Å². The van der Waals surface area contributed by atoms with Crippen LogP contribution in [0.3, 0.4) is 0 Å². The number of hydrogen-bond donors (Lipinski definition) is 0. The van der Waals surface area contributed by atoms with Gasteiger partial charge >= 0.3 is 0 Å². The van der Waals surface area contributed by atoms with Crippen LogP contribution in [-0.2, 0) is 13.9 Å². The molecular formula is C30H56O3Si. The Morgan fingerprint density at radius 1 is 0.735 bits per heavy atom. The Morgan fingerprint density at radius 2 is 1.24 bits per heavy atom. The monoisotopic (exact) mass is 492 g/mol. The number of rotatable bonds is 17. The number of allylic oxidation sites excluding steroid dienone is 6. The maximum Gasteiger partial charge on any atom is 0.192 e. The highest BCUT2D eigenvalue weighted by molar-refractivity contribution is 6.74. The molecule has 4 heteroatoms. The molecule has 0 atom stereocenters. The van der Waals surface area contributed by atoms with Crippen LogP contribution >= 0.6 is 0 Å². The van der Waals surface area contributed by atoms with E-state index in [2.05, 4.69) is 85.9 Å². The maximum atomic E-state index is 6.31. The summed E-state index contributed by atoms with van der Waals surface area (Å²) in [5, 5.41) is 0.248. The average Bonchev–Trinajstić information content (AvgIpc) is 2.71.